The van der Waals surface area contributed by atoms with Crippen LogP contribution in [-0.2, 0) is 24.4 Å². The standard InChI is InChI=1S/C15H24N6O/c1-12-7-14(17-16-12)9-20-5-3-13(4-6-20)8-21-10-15(11-22-2)18-19-21/h7,10,13H,3-6,8-9,11H2,1-2H3,(H,16,17). The summed E-state index contributed by atoms with van der Waals surface area (Å²) >= 11 is 0. The molecule has 0 radical (unpaired) electrons. The lowest BCUT2D eigenvalue weighted by molar-refractivity contribution is 0.162. The Balaban J connectivity index is 1.44. The van der Waals surface area contributed by atoms with Gasteiger partial charge in [0.25, 0.3) is 0 Å². The number of likely N-dealkylation sites (tertiary alicyclic amines) is 1. The molecule has 0 saturated carbocycles. The number of hydrogen-bond acceptors (Lipinski definition) is 5. The van der Waals surface area contributed by atoms with Crippen molar-refractivity contribution in [2.75, 3.05) is 20.2 Å². The molecule has 1 aliphatic heterocycles. The number of aromatic amines is 1. The van der Waals surface area contributed by atoms with Crippen molar-refractivity contribution >= 4 is 0 Å². The summed E-state index contributed by atoms with van der Waals surface area (Å²) in [5.74, 6) is 0.675. The predicted octanol–water partition coefficient (Wildman–Crippen LogP) is 1.37. The lowest BCUT2D eigenvalue weighted by atomic mass is 9.97. The van der Waals surface area contributed by atoms with Crippen molar-refractivity contribution < 1.29 is 4.74 Å². The van der Waals surface area contributed by atoms with E-state index in [-0.39, 0.29) is 0 Å². The number of hydrogen-bond donors (Lipinski definition) is 1. The van der Waals surface area contributed by atoms with E-state index in [0.717, 1.165) is 43.3 Å². The quantitative estimate of drug-likeness (QED) is 0.872. The Bertz CT molecular complexity index is 584. The molecule has 0 aromatic carbocycles. The number of methoxy groups -OCH3 is 1. The molecule has 2 aromatic rings. The predicted molar refractivity (Wildman–Crippen MR) is 82.1 cm³/mol. The highest BCUT2D eigenvalue weighted by Crippen LogP contribution is 2.20. The average Bonchev–Trinajstić information content (AvgIpc) is 3.11. The first-order chi connectivity index (χ1) is 10.7. The summed E-state index contributed by atoms with van der Waals surface area (Å²) in [5.41, 5.74) is 3.16. The Morgan fingerprint density at radius 2 is 2.14 bits per heavy atom. The highest BCUT2D eigenvalue weighted by Gasteiger charge is 2.20. The number of ether oxygens (including phenoxy) is 1. The van der Waals surface area contributed by atoms with Crippen LogP contribution in [0.5, 0.6) is 0 Å². The van der Waals surface area contributed by atoms with E-state index in [1.54, 1.807) is 7.11 Å². The summed E-state index contributed by atoms with van der Waals surface area (Å²) in [7, 11) is 1.68. The second-order valence-corrected chi connectivity index (χ2v) is 6.13. The first kappa shape index (κ1) is 15.2. The van der Waals surface area contributed by atoms with Crippen LogP contribution in [0, 0.1) is 12.8 Å². The first-order valence-electron chi connectivity index (χ1n) is 7.84. The van der Waals surface area contributed by atoms with Gasteiger partial charge in [0.15, 0.2) is 0 Å². The molecular formula is C15H24N6O. The van der Waals surface area contributed by atoms with Gasteiger partial charge in [-0.15, -0.1) is 5.10 Å². The molecule has 0 atom stereocenters. The van der Waals surface area contributed by atoms with Crippen molar-refractivity contribution in [2.45, 2.75) is 39.5 Å². The van der Waals surface area contributed by atoms with Gasteiger partial charge in [0.2, 0.25) is 0 Å². The largest absolute Gasteiger partial charge is 0.378 e. The molecule has 0 bridgehead atoms. The molecule has 1 fully saturated rings. The molecule has 1 N–H and O–H groups in total. The fraction of sp³-hybridized carbons (Fsp3) is 0.667. The van der Waals surface area contributed by atoms with Crippen LogP contribution in [0.15, 0.2) is 12.3 Å². The van der Waals surface area contributed by atoms with Gasteiger partial charge in [-0.2, -0.15) is 5.10 Å². The Morgan fingerprint density at radius 3 is 2.82 bits per heavy atom. The molecule has 3 rings (SSSR count). The van der Waals surface area contributed by atoms with E-state index in [9.17, 15) is 0 Å². The average molecular weight is 304 g/mol. The Morgan fingerprint density at radius 1 is 1.32 bits per heavy atom. The van der Waals surface area contributed by atoms with Crippen LogP contribution in [-0.4, -0.2) is 50.3 Å². The summed E-state index contributed by atoms with van der Waals surface area (Å²) in [6.07, 6.45) is 4.38. The van der Waals surface area contributed by atoms with Crippen LogP contribution in [0.1, 0.15) is 29.9 Å². The van der Waals surface area contributed by atoms with Crippen LogP contribution >= 0.6 is 0 Å². The van der Waals surface area contributed by atoms with Crippen molar-refractivity contribution in [1.29, 1.82) is 0 Å². The number of aryl methyl sites for hydroxylation is 1. The molecule has 0 amide bonds. The van der Waals surface area contributed by atoms with Crippen molar-refractivity contribution in [3.63, 3.8) is 0 Å². The van der Waals surface area contributed by atoms with Crippen molar-refractivity contribution in [3.8, 4) is 0 Å². The molecule has 7 heteroatoms. The lowest BCUT2D eigenvalue weighted by Crippen LogP contribution is -2.34. The van der Waals surface area contributed by atoms with Gasteiger partial charge in [0, 0.05) is 25.9 Å². The van der Waals surface area contributed by atoms with Gasteiger partial charge in [0.05, 0.1) is 18.5 Å². The maximum Gasteiger partial charge on any atom is 0.108 e. The number of rotatable bonds is 6. The van der Waals surface area contributed by atoms with Crippen LogP contribution < -0.4 is 0 Å². The van der Waals surface area contributed by atoms with Crippen molar-refractivity contribution in [2.24, 2.45) is 5.92 Å². The summed E-state index contributed by atoms with van der Waals surface area (Å²) in [5, 5.41) is 15.6. The molecule has 0 unspecified atom stereocenters. The first-order valence-corrected chi connectivity index (χ1v) is 7.84. The van der Waals surface area contributed by atoms with E-state index in [1.165, 1.54) is 12.8 Å². The van der Waals surface area contributed by atoms with Gasteiger partial charge < -0.3 is 4.74 Å². The van der Waals surface area contributed by atoms with E-state index in [1.807, 2.05) is 17.8 Å². The van der Waals surface area contributed by atoms with Gasteiger partial charge in [-0.05, 0) is 44.8 Å². The van der Waals surface area contributed by atoms with Crippen LogP contribution in [0.25, 0.3) is 0 Å². The second kappa shape index (κ2) is 7.02. The third kappa shape index (κ3) is 3.92. The SMILES string of the molecule is COCc1cn(CC2CCN(Cc3cc(C)[nH]n3)CC2)nn1. The fourth-order valence-electron chi connectivity index (χ4n) is 3.02. The molecule has 120 valence electrons. The highest BCUT2D eigenvalue weighted by molar-refractivity contribution is 5.06. The van der Waals surface area contributed by atoms with Crippen LogP contribution in [0.4, 0.5) is 0 Å². The summed E-state index contributed by atoms with van der Waals surface area (Å²) < 4.78 is 7.02. The fourth-order valence-corrected chi connectivity index (χ4v) is 3.02. The lowest BCUT2D eigenvalue weighted by Gasteiger charge is -2.31. The van der Waals surface area contributed by atoms with Crippen LogP contribution in [0.3, 0.4) is 0 Å². The molecule has 7 nitrogen and oxygen atoms in total. The number of H-pyrrole nitrogens is 1. The second-order valence-electron chi connectivity index (χ2n) is 6.13. The molecule has 3 heterocycles. The van der Waals surface area contributed by atoms with Gasteiger partial charge >= 0.3 is 0 Å². The van der Waals surface area contributed by atoms with Crippen molar-refractivity contribution in [3.05, 3.63) is 29.3 Å². The molecule has 0 aliphatic carbocycles. The van der Waals surface area contributed by atoms with Gasteiger partial charge in [-0.1, -0.05) is 5.21 Å². The monoisotopic (exact) mass is 304 g/mol. The smallest absolute Gasteiger partial charge is 0.108 e. The van der Waals surface area contributed by atoms with E-state index in [4.69, 9.17) is 4.74 Å². The zero-order chi connectivity index (χ0) is 15.4. The summed E-state index contributed by atoms with van der Waals surface area (Å²) in [6, 6.07) is 2.12. The molecule has 0 spiro atoms. The summed E-state index contributed by atoms with van der Waals surface area (Å²) in [4.78, 5) is 2.48. The number of aromatic nitrogens is 5. The zero-order valence-electron chi connectivity index (χ0n) is 13.3. The molecule has 2 aromatic heterocycles. The Labute approximate surface area is 130 Å². The minimum atomic E-state index is 0.529. The minimum Gasteiger partial charge on any atom is -0.378 e. The van der Waals surface area contributed by atoms with Gasteiger partial charge in [-0.3, -0.25) is 14.7 Å². The van der Waals surface area contributed by atoms with E-state index < -0.39 is 0 Å². The molecule has 1 saturated heterocycles. The number of nitrogens with one attached hydrogen (secondary N) is 1. The Kier molecular flexibility index (Phi) is 4.84. The van der Waals surface area contributed by atoms with Crippen LogP contribution in [0.2, 0.25) is 0 Å². The number of piperidine rings is 1. The van der Waals surface area contributed by atoms with E-state index >= 15 is 0 Å². The number of nitrogens with zero attached hydrogens (tertiary/aromatic N) is 5. The topological polar surface area (TPSA) is 71.9 Å². The highest BCUT2D eigenvalue weighted by atomic mass is 16.5. The zero-order valence-corrected chi connectivity index (χ0v) is 13.3. The maximum atomic E-state index is 5.07. The molecular weight excluding hydrogens is 280 g/mol. The Hall–Kier alpha value is -1.73. The third-order valence-corrected chi connectivity index (χ3v) is 4.18. The summed E-state index contributed by atoms with van der Waals surface area (Å²) in [6.45, 7) is 6.71. The van der Waals surface area contributed by atoms with Gasteiger partial charge in [0.1, 0.15) is 5.69 Å². The third-order valence-electron chi connectivity index (χ3n) is 4.18. The normalized spacial score (nSPS) is 17.2. The molecule has 1 aliphatic rings. The van der Waals surface area contributed by atoms with Crippen molar-refractivity contribution in [1.82, 2.24) is 30.1 Å². The maximum absolute atomic E-state index is 5.07. The van der Waals surface area contributed by atoms with E-state index in [0.29, 0.717) is 12.5 Å². The molecule has 22 heavy (non-hydrogen) atoms. The van der Waals surface area contributed by atoms with Gasteiger partial charge in [-0.25, -0.2) is 0 Å². The van der Waals surface area contributed by atoms with E-state index in [2.05, 4.69) is 31.5 Å². The minimum absolute atomic E-state index is 0.529.